The molecule has 1 aromatic heterocycles. The van der Waals surface area contributed by atoms with Gasteiger partial charge in [0.1, 0.15) is 11.7 Å². The van der Waals surface area contributed by atoms with Gasteiger partial charge < -0.3 is 15.9 Å². The van der Waals surface area contributed by atoms with Crippen molar-refractivity contribution in [2.75, 3.05) is 0 Å². The molecule has 0 unspecified atom stereocenters. The highest BCUT2D eigenvalue weighted by Crippen LogP contribution is 2.04. The van der Waals surface area contributed by atoms with E-state index < -0.39 is 18.0 Å². The van der Waals surface area contributed by atoms with Crippen molar-refractivity contribution >= 4 is 11.9 Å². The zero-order valence-corrected chi connectivity index (χ0v) is 7.75. The number of carboxylic acid groups (broad SMARTS) is 2. The van der Waals surface area contributed by atoms with Gasteiger partial charge in [0, 0.05) is 6.20 Å². The number of carbonyl (C=O) groups is 2. The van der Waals surface area contributed by atoms with E-state index in [0.29, 0.717) is 5.56 Å². The lowest BCUT2D eigenvalue weighted by molar-refractivity contribution is -0.138. The number of rotatable bonds is 4. The van der Waals surface area contributed by atoms with E-state index in [9.17, 15) is 9.59 Å². The highest BCUT2D eigenvalue weighted by molar-refractivity contribution is 5.85. The normalized spacial score (nSPS) is 12.1. The molecule has 0 saturated heterocycles. The van der Waals surface area contributed by atoms with Gasteiger partial charge in [-0.25, -0.2) is 9.78 Å². The topological polar surface area (TPSA) is 114 Å². The largest absolute Gasteiger partial charge is 0.480 e. The third-order valence-electron chi connectivity index (χ3n) is 1.82. The van der Waals surface area contributed by atoms with Crippen LogP contribution in [0.3, 0.4) is 0 Å². The summed E-state index contributed by atoms with van der Waals surface area (Å²) >= 11 is 0. The molecule has 6 nitrogen and oxygen atoms in total. The van der Waals surface area contributed by atoms with E-state index in [0.717, 1.165) is 0 Å². The number of nitrogens with two attached hydrogens (primary N) is 1. The summed E-state index contributed by atoms with van der Waals surface area (Å²) < 4.78 is 0. The number of aliphatic carboxylic acids is 1. The van der Waals surface area contributed by atoms with Gasteiger partial charge in [-0.1, -0.05) is 0 Å². The van der Waals surface area contributed by atoms with Crippen molar-refractivity contribution < 1.29 is 19.8 Å². The maximum atomic E-state index is 10.6. The average molecular weight is 210 g/mol. The minimum absolute atomic E-state index is 0.0815. The standard InChI is InChI=1S/C9H10N2O4/c10-6(8(12)13)3-5-1-2-11-7(4-5)9(14)15/h1-2,4,6H,3,10H2,(H,12,13)(H,14,15)/t6-/m1/s1. The third-order valence-corrected chi connectivity index (χ3v) is 1.82. The second-order valence-corrected chi connectivity index (χ2v) is 3.00. The molecule has 0 fully saturated rings. The van der Waals surface area contributed by atoms with Crippen LogP contribution >= 0.6 is 0 Å². The molecule has 1 rings (SSSR count). The fraction of sp³-hybridized carbons (Fsp3) is 0.222. The Morgan fingerprint density at radius 1 is 1.47 bits per heavy atom. The van der Waals surface area contributed by atoms with Gasteiger partial charge in [0.05, 0.1) is 0 Å². The zero-order valence-electron chi connectivity index (χ0n) is 7.75. The Bertz CT molecular complexity index is 391. The molecule has 15 heavy (non-hydrogen) atoms. The van der Waals surface area contributed by atoms with Gasteiger partial charge in [-0.2, -0.15) is 0 Å². The Morgan fingerprint density at radius 2 is 2.13 bits per heavy atom. The summed E-state index contributed by atoms with van der Waals surface area (Å²) in [6.07, 6.45) is 1.39. The van der Waals surface area contributed by atoms with Crippen molar-refractivity contribution in [3.8, 4) is 0 Å². The van der Waals surface area contributed by atoms with Gasteiger partial charge >= 0.3 is 11.9 Å². The van der Waals surface area contributed by atoms with Gasteiger partial charge in [0.15, 0.2) is 0 Å². The number of carboxylic acids is 2. The summed E-state index contributed by atoms with van der Waals surface area (Å²) in [5, 5.41) is 17.2. The molecule has 0 spiro atoms. The van der Waals surface area contributed by atoms with Crippen LogP contribution in [0, 0.1) is 0 Å². The molecule has 80 valence electrons. The van der Waals surface area contributed by atoms with E-state index >= 15 is 0 Å². The van der Waals surface area contributed by atoms with Crippen molar-refractivity contribution in [2.45, 2.75) is 12.5 Å². The molecule has 0 aliphatic rings. The Hall–Kier alpha value is -1.95. The minimum Gasteiger partial charge on any atom is -0.480 e. The molecule has 0 aromatic carbocycles. The molecule has 0 aliphatic heterocycles. The van der Waals surface area contributed by atoms with Crippen molar-refractivity contribution in [2.24, 2.45) is 5.73 Å². The van der Waals surface area contributed by atoms with Crippen molar-refractivity contribution in [3.05, 3.63) is 29.6 Å². The predicted octanol–water partition coefficient (Wildman–Crippen LogP) is -0.266. The molecule has 0 bridgehead atoms. The molecule has 0 saturated carbocycles. The molecule has 0 amide bonds. The lowest BCUT2D eigenvalue weighted by Crippen LogP contribution is -2.32. The highest BCUT2D eigenvalue weighted by Gasteiger charge is 2.13. The molecular formula is C9H10N2O4. The molecule has 1 heterocycles. The smallest absolute Gasteiger partial charge is 0.354 e. The number of hydrogen-bond acceptors (Lipinski definition) is 4. The van der Waals surface area contributed by atoms with E-state index in [4.69, 9.17) is 15.9 Å². The van der Waals surface area contributed by atoms with Crippen LogP contribution in [-0.4, -0.2) is 33.2 Å². The number of pyridine rings is 1. The first-order valence-electron chi connectivity index (χ1n) is 4.17. The Balaban J connectivity index is 2.82. The molecule has 6 heteroatoms. The first-order valence-corrected chi connectivity index (χ1v) is 4.17. The maximum Gasteiger partial charge on any atom is 0.354 e. The van der Waals surface area contributed by atoms with Crippen LogP contribution in [0.25, 0.3) is 0 Å². The molecule has 0 aliphatic carbocycles. The number of hydrogen-bond donors (Lipinski definition) is 3. The van der Waals surface area contributed by atoms with Crippen molar-refractivity contribution in [1.29, 1.82) is 0 Å². The molecule has 1 aromatic rings. The third kappa shape index (κ3) is 3.03. The van der Waals surface area contributed by atoms with Crippen LogP contribution in [0.5, 0.6) is 0 Å². The van der Waals surface area contributed by atoms with Crippen LogP contribution in [0.15, 0.2) is 18.3 Å². The van der Waals surface area contributed by atoms with Crippen molar-refractivity contribution in [1.82, 2.24) is 4.98 Å². The van der Waals surface area contributed by atoms with E-state index in [2.05, 4.69) is 4.98 Å². The van der Waals surface area contributed by atoms with Crippen LogP contribution in [0.4, 0.5) is 0 Å². The van der Waals surface area contributed by atoms with Gasteiger partial charge in [0.2, 0.25) is 0 Å². The van der Waals surface area contributed by atoms with E-state index in [1.54, 1.807) is 0 Å². The summed E-state index contributed by atoms with van der Waals surface area (Å²) in [5.41, 5.74) is 5.73. The Morgan fingerprint density at radius 3 is 2.67 bits per heavy atom. The van der Waals surface area contributed by atoms with E-state index in [1.165, 1.54) is 18.3 Å². The second kappa shape index (κ2) is 4.52. The zero-order chi connectivity index (χ0) is 11.4. The molecular weight excluding hydrogens is 200 g/mol. The number of nitrogens with zero attached hydrogens (tertiary/aromatic N) is 1. The highest BCUT2D eigenvalue weighted by atomic mass is 16.4. The SMILES string of the molecule is N[C@H](Cc1ccnc(C(=O)O)c1)C(=O)O. The van der Waals surface area contributed by atoms with E-state index in [-0.39, 0.29) is 12.1 Å². The Kier molecular flexibility index (Phi) is 3.35. The predicted molar refractivity (Wildman–Crippen MR) is 50.5 cm³/mol. The van der Waals surface area contributed by atoms with Crippen LogP contribution < -0.4 is 5.73 Å². The average Bonchev–Trinajstić information content (AvgIpc) is 2.18. The first-order chi connectivity index (χ1) is 7.00. The van der Waals surface area contributed by atoms with Crippen LogP contribution in [0.2, 0.25) is 0 Å². The van der Waals surface area contributed by atoms with Gasteiger partial charge in [-0.3, -0.25) is 4.79 Å². The summed E-state index contributed by atoms with van der Waals surface area (Å²) in [6.45, 7) is 0. The van der Waals surface area contributed by atoms with Crippen molar-refractivity contribution in [3.63, 3.8) is 0 Å². The van der Waals surface area contributed by atoms with Crippen LogP contribution in [0.1, 0.15) is 16.1 Å². The van der Waals surface area contributed by atoms with Gasteiger partial charge in [0.25, 0.3) is 0 Å². The quantitative estimate of drug-likeness (QED) is 0.630. The number of aromatic carboxylic acids is 1. The number of aromatic nitrogens is 1. The molecule has 4 N–H and O–H groups in total. The fourth-order valence-electron chi connectivity index (χ4n) is 1.06. The minimum atomic E-state index is -1.15. The Labute approximate surface area is 85.4 Å². The molecule has 0 radical (unpaired) electrons. The lowest BCUT2D eigenvalue weighted by atomic mass is 10.1. The van der Waals surface area contributed by atoms with Crippen LogP contribution in [-0.2, 0) is 11.2 Å². The maximum absolute atomic E-state index is 10.6. The van der Waals surface area contributed by atoms with E-state index in [1.807, 2.05) is 0 Å². The van der Waals surface area contributed by atoms with Gasteiger partial charge in [-0.05, 0) is 24.1 Å². The summed E-state index contributed by atoms with van der Waals surface area (Å²) in [5.74, 6) is -2.27. The summed E-state index contributed by atoms with van der Waals surface area (Å²) in [6, 6.07) is 1.81. The fourth-order valence-corrected chi connectivity index (χ4v) is 1.06. The lowest BCUT2D eigenvalue weighted by Gasteiger charge is -2.06. The summed E-state index contributed by atoms with van der Waals surface area (Å²) in [7, 11) is 0. The first kappa shape index (κ1) is 11.1. The second-order valence-electron chi connectivity index (χ2n) is 3.00. The monoisotopic (exact) mass is 210 g/mol. The molecule has 1 atom stereocenters. The summed E-state index contributed by atoms with van der Waals surface area (Å²) in [4.78, 5) is 24.6. The van der Waals surface area contributed by atoms with Gasteiger partial charge in [-0.15, -0.1) is 0 Å².